The third-order valence-corrected chi connectivity index (χ3v) is 6.35. The van der Waals surface area contributed by atoms with Crippen LogP contribution < -0.4 is 19.1 Å². The SMILES string of the molecule is COc1ccc(NS(=O)(=O)c2ccc3c(c2)sc(=O)n3C(C)C)c(OC)c1. The van der Waals surface area contributed by atoms with Crippen molar-refractivity contribution in [3.05, 3.63) is 46.1 Å². The highest BCUT2D eigenvalue weighted by Crippen LogP contribution is 2.31. The van der Waals surface area contributed by atoms with Crippen LogP contribution in [0.4, 0.5) is 5.69 Å². The summed E-state index contributed by atoms with van der Waals surface area (Å²) in [4.78, 5) is 12.1. The van der Waals surface area contributed by atoms with E-state index < -0.39 is 10.0 Å². The molecule has 3 aromatic rings. The summed E-state index contributed by atoms with van der Waals surface area (Å²) in [5.41, 5.74) is 1.02. The number of aromatic nitrogens is 1. The van der Waals surface area contributed by atoms with E-state index in [0.717, 1.165) is 16.9 Å². The third kappa shape index (κ3) is 3.65. The number of hydrogen-bond donors (Lipinski definition) is 1. The zero-order chi connectivity index (χ0) is 19.8. The highest BCUT2D eigenvalue weighted by atomic mass is 32.2. The first kappa shape index (κ1) is 19.2. The van der Waals surface area contributed by atoms with Crippen LogP contribution in [-0.4, -0.2) is 27.2 Å². The van der Waals surface area contributed by atoms with Gasteiger partial charge in [0, 0.05) is 12.1 Å². The largest absolute Gasteiger partial charge is 0.497 e. The van der Waals surface area contributed by atoms with E-state index in [9.17, 15) is 13.2 Å². The number of ether oxygens (including phenoxy) is 2. The molecular weight excluding hydrogens is 388 g/mol. The fraction of sp³-hybridized carbons (Fsp3) is 0.278. The Morgan fingerprint density at radius 2 is 1.81 bits per heavy atom. The van der Waals surface area contributed by atoms with E-state index >= 15 is 0 Å². The van der Waals surface area contributed by atoms with Gasteiger partial charge in [-0.1, -0.05) is 11.3 Å². The Balaban J connectivity index is 2.02. The van der Waals surface area contributed by atoms with E-state index in [1.807, 2.05) is 13.8 Å². The van der Waals surface area contributed by atoms with Gasteiger partial charge in [0.2, 0.25) is 0 Å². The maximum absolute atomic E-state index is 12.8. The van der Waals surface area contributed by atoms with Crippen LogP contribution >= 0.6 is 11.3 Å². The second-order valence-electron chi connectivity index (χ2n) is 6.13. The molecule has 0 saturated carbocycles. The standard InChI is InChI=1S/C18H20N2O5S2/c1-11(2)20-15-8-6-13(10-17(15)26-18(20)21)27(22,23)19-14-7-5-12(24-3)9-16(14)25-4/h5-11,19H,1-4H3. The van der Waals surface area contributed by atoms with Crippen molar-refractivity contribution in [2.24, 2.45) is 0 Å². The van der Waals surface area contributed by atoms with E-state index in [2.05, 4.69) is 4.72 Å². The van der Waals surface area contributed by atoms with Gasteiger partial charge in [-0.25, -0.2) is 8.42 Å². The number of nitrogens with one attached hydrogen (secondary N) is 1. The van der Waals surface area contributed by atoms with Gasteiger partial charge >= 0.3 is 4.87 Å². The van der Waals surface area contributed by atoms with Gasteiger partial charge in [-0.15, -0.1) is 0 Å². The van der Waals surface area contributed by atoms with Gasteiger partial charge in [0.05, 0.1) is 35.0 Å². The molecule has 0 aliphatic heterocycles. The average Bonchev–Trinajstić information content (AvgIpc) is 2.96. The van der Waals surface area contributed by atoms with Gasteiger partial charge in [0.25, 0.3) is 10.0 Å². The van der Waals surface area contributed by atoms with E-state index in [-0.39, 0.29) is 15.8 Å². The number of sulfonamides is 1. The number of benzene rings is 2. The van der Waals surface area contributed by atoms with E-state index in [4.69, 9.17) is 9.47 Å². The molecule has 0 fully saturated rings. The number of nitrogens with zero attached hydrogens (tertiary/aromatic N) is 1. The van der Waals surface area contributed by atoms with Crippen molar-refractivity contribution in [3.63, 3.8) is 0 Å². The van der Waals surface area contributed by atoms with Gasteiger partial charge in [0.1, 0.15) is 11.5 Å². The molecule has 9 heteroatoms. The molecule has 0 aliphatic rings. The molecule has 3 rings (SSSR count). The predicted molar refractivity (Wildman–Crippen MR) is 107 cm³/mol. The van der Waals surface area contributed by atoms with Crippen LogP contribution in [0, 0.1) is 0 Å². The Bertz CT molecular complexity index is 1150. The highest BCUT2D eigenvalue weighted by Gasteiger charge is 2.19. The van der Waals surface area contributed by atoms with Crippen LogP contribution in [0.2, 0.25) is 0 Å². The van der Waals surface area contributed by atoms with Crippen molar-refractivity contribution in [1.82, 2.24) is 4.57 Å². The first-order valence-electron chi connectivity index (χ1n) is 8.16. The summed E-state index contributed by atoms with van der Waals surface area (Å²) in [6.07, 6.45) is 0. The predicted octanol–water partition coefficient (Wildman–Crippen LogP) is 3.46. The topological polar surface area (TPSA) is 86.6 Å². The van der Waals surface area contributed by atoms with Crippen molar-refractivity contribution in [1.29, 1.82) is 0 Å². The van der Waals surface area contributed by atoms with Crippen molar-refractivity contribution in [2.75, 3.05) is 18.9 Å². The normalized spacial score (nSPS) is 11.7. The summed E-state index contributed by atoms with van der Waals surface area (Å²) in [5.74, 6) is 0.894. The van der Waals surface area contributed by atoms with E-state index in [0.29, 0.717) is 21.9 Å². The van der Waals surface area contributed by atoms with Crippen LogP contribution in [0.25, 0.3) is 10.2 Å². The van der Waals surface area contributed by atoms with E-state index in [1.54, 1.807) is 28.8 Å². The number of hydrogen-bond acceptors (Lipinski definition) is 6. The number of thiazole rings is 1. The second-order valence-corrected chi connectivity index (χ2v) is 8.81. The lowest BCUT2D eigenvalue weighted by molar-refractivity contribution is 0.395. The maximum atomic E-state index is 12.8. The molecule has 0 radical (unpaired) electrons. The summed E-state index contributed by atoms with van der Waals surface area (Å²) in [6, 6.07) is 9.46. The zero-order valence-electron chi connectivity index (χ0n) is 15.3. The van der Waals surface area contributed by atoms with Crippen molar-refractivity contribution >= 4 is 37.3 Å². The molecule has 144 valence electrons. The Morgan fingerprint density at radius 1 is 1.07 bits per heavy atom. The number of rotatable bonds is 6. The molecule has 0 amide bonds. The van der Waals surface area contributed by atoms with Crippen LogP contribution in [0.3, 0.4) is 0 Å². The minimum atomic E-state index is -3.86. The molecular formula is C18H20N2O5S2. The van der Waals surface area contributed by atoms with E-state index in [1.165, 1.54) is 26.4 Å². The molecule has 27 heavy (non-hydrogen) atoms. The van der Waals surface area contributed by atoms with Gasteiger partial charge in [0.15, 0.2) is 0 Å². The molecule has 0 atom stereocenters. The molecule has 1 aromatic heterocycles. The molecule has 0 aliphatic carbocycles. The Morgan fingerprint density at radius 3 is 2.44 bits per heavy atom. The van der Waals surface area contributed by atoms with Crippen molar-refractivity contribution in [2.45, 2.75) is 24.8 Å². The molecule has 0 bridgehead atoms. The monoisotopic (exact) mass is 408 g/mol. The number of anilines is 1. The average molecular weight is 409 g/mol. The molecule has 0 saturated heterocycles. The van der Waals surface area contributed by atoms with Crippen LogP contribution in [0.15, 0.2) is 46.1 Å². The first-order valence-corrected chi connectivity index (χ1v) is 10.5. The fourth-order valence-corrected chi connectivity index (χ4v) is 4.98. The molecule has 2 aromatic carbocycles. The maximum Gasteiger partial charge on any atom is 0.308 e. The molecule has 7 nitrogen and oxygen atoms in total. The summed E-state index contributed by atoms with van der Waals surface area (Å²) in [7, 11) is -0.891. The van der Waals surface area contributed by atoms with Gasteiger partial charge in [-0.2, -0.15) is 0 Å². The summed E-state index contributed by atoms with van der Waals surface area (Å²) < 4.78 is 40.8. The third-order valence-electron chi connectivity index (χ3n) is 4.06. The quantitative estimate of drug-likeness (QED) is 0.675. The van der Waals surface area contributed by atoms with Crippen molar-refractivity contribution in [3.8, 4) is 11.5 Å². The molecule has 1 N–H and O–H groups in total. The highest BCUT2D eigenvalue weighted by molar-refractivity contribution is 7.92. The van der Waals surface area contributed by atoms with Gasteiger partial charge < -0.3 is 9.47 Å². The lowest BCUT2D eigenvalue weighted by Crippen LogP contribution is -2.15. The Labute approximate surface area is 161 Å². The van der Waals surface area contributed by atoms with Crippen LogP contribution in [0.1, 0.15) is 19.9 Å². The summed E-state index contributed by atoms with van der Waals surface area (Å²) in [6.45, 7) is 3.82. The van der Waals surface area contributed by atoms with Gasteiger partial charge in [-0.05, 0) is 44.2 Å². The van der Waals surface area contributed by atoms with Crippen molar-refractivity contribution < 1.29 is 17.9 Å². The molecule has 0 spiro atoms. The minimum Gasteiger partial charge on any atom is -0.497 e. The van der Waals surface area contributed by atoms with Crippen LogP contribution in [0.5, 0.6) is 11.5 Å². The van der Waals surface area contributed by atoms with Gasteiger partial charge in [-0.3, -0.25) is 14.1 Å². The minimum absolute atomic E-state index is 0.00427. The Hall–Kier alpha value is -2.52. The lowest BCUT2D eigenvalue weighted by atomic mass is 10.3. The first-order chi connectivity index (χ1) is 12.8. The molecule has 0 unspecified atom stereocenters. The number of methoxy groups -OCH3 is 2. The summed E-state index contributed by atoms with van der Waals surface area (Å²) in [5, 5.41) is 0. The number of fused-ring (bicyclic) bond motifs is 1. The fourth-order valence-electron chi connectivity index (χ4n) is 2.76. The molecule has 1 heterocycles. The lowest BCUT2D eigenvalue weighted by Gasteiger charge is -2.13. The smallest absolute Gasteiger partial charge is 0.308 e. The van der Waals surface area contributed by atoms with Crippen LogP contribution in [-0.2, 0) is 10.0 Å². The Kier molecular flexibility index (Phi) is 5.16. The zero-order valence-corrected chi connectivity index (χ0v) is 17.0. The summed E-state index contributed by atoms with van der Waals surface area (Å²) >= 11 is 1.03. The second kappa shape index (κ2) is 7.24.